The van der Waals surface area contributed by atoms with Gasteiger partial charge < -0.3 is 14.2 Å². The molecule has 0 aliphatic rings. The monoisotopic (exact) mass is 218 g/mol. The normalized spacial score (nSPS) is 12.9. The predicted octanol–water partition coefficient (Wildman–Crippen LogP) is 1.97. The van der Waals surface area contributed by atoms with E-state index in [1.807, 2.05) is 27.7 Å². The summed E-state index contributed by atoms with van der Waals surface area (Å²) in [6.45, 7) is 8.82. The number of esters is 1. The summed E-state index contributed by atoms with van der Waals surface area (Å²) in [7, 11) is 0. The van der Waals surface area contributed by atoms with Crippen molar-refractivity contribution in [2.24, 2.45) is 5.92 Å². The van der Waals surface area contributed by atoms with E-state index in [0.29, 0.717) is 13.2 Å². The minimum atomic E-state index is -0.437. The highest BCUT2D eigenvalue weighted by atomic mass is 16.7. The second kappa shape index (κ2) is 8.68. The van der Waals surface area contributed by atoms with E-state index in [0.717, 1.165) is 6.42 Å². The van der Waals surface area contributed by atoms with Crippen LogP contribution in [-0.4, -0.2) is 32.1 Å². The van der Waals surface area contributed by atoms with E-state index in [1.165, 1.54) is 0 Å². The summed E-state index contributed by atoms with van der Waals surface area (Å²) in [5, 5.41) is 0. The van der Waals surface area contributed by atoms with Crippen molar-refractivity contribution in [1.82, 2.24) is 0 Å². The van der Waals surface area contributed by atoms with Crippen molar-refractivity contribution in [3.8, 4) is 0 Å². The maximum absolute atomic E-state index is 11.4. The summed E-state index contributed by atoms with van der Waals surface area (Å²) in [4.78, 5) is 11.4. The van der Waals surface area contributed by atoms with Crippen molar-refractivity contribution in [3.05, 3.63) is 0 Å². The van der Waals surface area contributed by atoms with Gasteiger partial charge in [0.15, 0.2) is 6.29 Å². The molecule has 0 saturated carbocycles. The van der Waals surface area contributed by atoms with Crippen LogP contribution in [-0.2, 0) is 19.0 Å². The zero-order chi connectivity index (χ0) is 11.7. The lowest BCUT2D eigenvalue weighted by atomic mass is 10.1. The standard InChI is InChI=1S/C11H22O4/c1-5-9(4)11(12)15-8-10(13-6-2)14-7-3/h9-10H,5-8H2,1-4H3. The molecule has 0 bridgehead atoms. The van der Waals surface area contributed by atoms with E-state index in [9.17, 15) is 4.79 Å². The van der Waals surface area contributed by atoms with Gasteiger partial charge in [0.1, 0.15) is 6.61 Å². The molecule has 0 spiro atoms. The van der Waals surface area contributed by atoms with Gasteiger partial charge in [-0.25, -0.2) is 0 Å². The Bertz CT molecular complexity index is 164. The van der Waals surface area contributed by atoms with E-state index in [1.54, 1.807) is 0 Å². The molecule has 15 heavy (non-hydrogen) atoms. The van der Waals surface area contributed by atoms with Gasteiger partial charge in [0.25, 0.3) is 0 Å². The number of hydrogen-bond acceptors (Lipinski definition) is 4. The molecule has 0 fully saturated rings. The van der Waals surface area contributed by atoms with Gasteiger partial charge in [-0.1, -0.05) is 13.8 Å². The van der Waals surface area contributed by atoms with E-state index in [4.69, 9.17) is 14.2 Å². The van der Waals surface area contributed by atoms with E-state index in [2.05, 4.69) is 0 Å². The van der Waals surface area contributed by atoms with Crippen molar-refractivity contribution in [2.75, 3.05) is 19.8 Å². The maximum atomic E-state index is 11.4. The first-order chi connectivity index (χ1) is 7.15. The van der Waals surface area contributed by atoms with Gasteiger partial charge in [-0.05, 0) is 20.3 Å². The fourth-order valence-corrected chi connectivity index (χ4v) is 0.975. The smallest absolute Gasteiger partial charge is 0.308 e. The summed E-state index contributed by atoms with van der Waals surface area (Å²) in [6.07, 6.45) is 0.347. The first kappa shape index (κ1) is 14.4. The quantitative estimate of drug-likeness (QED) is 0.461. The third-order valence-electron chi connectivity index (χ3n) is 2.08. The molecule has 0 heterocycles. The summed E-state index contributed by atoms with van der Waals surface area (Å²) in [5.74, 6) is -0.254. The molecule has 90 valence electrons. The highest BCUT2D eigenvalue weighted by molar-refractivity contribution is 5.71. The molecule has 0 aliphatic heterocycles. The second-order valence-electron chi connectivity index (χ2n) is 3.28. The average molecular weight is 218 g/mol. The van der Waals surface area contributed by atoms with Crippen LogP contribution in [0.1, 0.15) is 34.1 Å². The Balaban J connectivity index is 3.82. The van der Waals surface area contributed by atoms with Crippen LogP contribution in [0.5, 0.6) is 0 Å². The topological polar surface area (TPSA) is 44.8 Å². The van der Waals surface area contributed by atoms with Crippen molar-refractivity contribution >= 4 is 5.97 Å². The molecule has 0 N–H and O–H groups in total. The molecule has 0 aromatic heterocycles. The number of carbonyl (C=O) groups is 1. The van der Waals surface area contributed by atoms with Gasteiger partial charge in [-0.2, -0.15) is 0 Å². The largest absolute Gasteiger partial charge is 0.460 e. The number of rotatable bonds is 8. The van der Waals surface area contributed by atoms with Crippen molar-refractivity contribution < 1.29 is 19.0 Å². The minimum absolute atomic E-state index is 0.0612. The van der Waals surface area contributed by atoms with Crippen LogP contribution in [0.2, 0.25) is 0 Å². The van der Waals surface area contributed by atoms with Crippen LogP contribution in [0.4, 0.5) is 0 Å². The molecular formula is C11H22O4. The first-order valence-electron chi connectivity index (χ1n) is 5.55. The zero-order valence-corrected chi connectivity index (χ0v) is 10.1. The molecule has 4 nitrogen and oxygen atoms in total. The van der Waals surface area contributed by atoms with Crippen LogP contribution in [0.3, 0.4) is 0 Å². The molecular weight excluding hydrogens is 196 g/mol. The van der Waals surface area contributed by atoms with Gasteiger partial charge in [0.2, 0.25) is 0 Å². The predicted molar refractivity (Wildman–Crippen MR) is 57.5 cm³/mol. The fourth-order valence-electron chi connectivity index (χ4n) is 0.975. The average Bonchev–Trinajstić information content (AvgIpc) is 2.25. The van der Waals surface area contributed by atoms with Crippen LogP contribution in [0, 0.1) is 5.92 Å². The molecule has 4 heteroatoms. The van der Waals surface area contributed by atoms with Crippen LogP contribution < -0.4 is 0 Å². The lowest BCUT2D eigenvalue weighted by molar-refractivity contribution is -0.182. The Morgan fingerprint density at radius 2 is 1.67 bits per heavy atom. The molecule has 0 aromatic rings. The second-order valence-corrected chi connectivity index (χ2v) is 3.28. The Morgan fingerprint density at radius 1 is 1.13 bits per heavy atom. The van der Waals surface area contributed by atoms with Crippen molar-refractivity contribution in [3.63, 3.8) is 0 Å². The Kier molecular flexibility index (Phi) is 8.33. The summed E-state index contributed by atoms with van der Waals surface area (Å²) < 4.78 is 15.6. The molecule has 0 amide bonds. The number of hydrogen-bond donors (Lipinski definition) is 0. The molecule has 0 aromatic carbocycles. The fraction of sp³-hybridized carbons (Fsp3) is 0.909. The first-order valence-corrected chi connectivity index (χ1v) is 5.55. The molecule has 1 unspecified atom stereocenters. The minimum Gasteiger partial charge on any atom is -0.460 e. The van der Waals surface area contributed by atoms with Crippen molar-refractivity contribution in [1.29, 1.82) is 0 Å². The van der Waals surface area contributed by atoms with Crippen LogP contribution >= 0.6 is 0 Å². The summed E-state index contributed by atoms with van der Waals surface area (Å²) in [5.41, 5.74) is 0. The lowest BCUT2D eigenvalue weighted by Gasteiger charge is -2.17. The Labute approximate surface area is 91.9 Å². The highest BCUT2D eigenvalue weighted by Gasteiger charge is 2.15. The van der Waals surface area contributed by atoms with Crippen LogP contribution in [0.15, 0.2) is 0 Å². The summed E-state index contributed by atoms with van der Waals surface area (Å²) >= 11 is 0. The maximum Gasteiger partial charge on any atom is 0.308 e. The Hall–Kier alpha value is -0.610. The molecule has 0 saturated heterocycles. The molecule has 0 rings (SSSR count). The SMILES string of the molecule is CCOC(COC(=O)C(C)CC)OCC. The molecule has 0 aliphatic carbocycles. The van der Waals surface area contributed by atoms with Gasteiger partial charge >= 0.3 is 5.97 Å². The third kappa shape index (κ3) is 6.47. The van der Waals surface area contributed by atoms with E-state index < -0.39 is 6.29 Å². The van der Waals surface area contributed by atoms with E-state index in [-0.39, 0.29) is 18.5 Å². The highest BCUT2D eigenvalue weighted by Crippen LogP contribution is 2.05. The third-order valence-corrected chi connectivity index (χ3v) is 2.08. The summed E-state index contributed by atoms with van der Waals surface area (Å²) in [6, 6.07) is 0. The van der Waals surface area contributed by atoms with E-state index >= 15 is 0 Å². The van der Waals surface area contributed by atoms with Crippen molar-refractivity contribution in [2.45, 2.75) is 40.4 Å². The molecule has 1 atom stereocenters. The lowest BCUT2D eigenvalue weighted by Crippen LogP contribution is -2.27. The van der Waals surface area contributed by atoms with Gasteiger partial charge in [0.05, 0.1) is 5.92 Å². The van der Waals surface area contributed by atoms with Gasteiger partial charge in [-0.15, -0.1) is 0 Å². The van der Waals surface area contributed by atoms with Crippen LogP contribution in [0.25, 0.3) is 0 Å². The zero-order valence-electron chi connectivity index (χ0n) is 10.1. The Morgan fingerprint density at radius 3 is 2.07 bits per heavy atom. The number of carbonyl (C=O) groups excluding carboxylic acids is 1. The van der Waals surface area contributed by atoms with Gasteiger partial charge in [-0.3, -0.25) is 4.79 Å². The molecule has 0 radical (unpaired) electrons. The number of ether oxygens (including phenoxy) is 3. The van der Waals surface area contributed by atoms with Gasteiger partial charge in [0, 0.05) is 13.2 Å².